The molecule has 3 aromatic rings. The number of esters is 2. The Labute approximate surface area is 178 Å². The minimum atomic E-state index is -0.781. The zero-order valence-electron chi connectivity index (χ0n) is 15.3. The normalized spacial score (nSPS) is 10.4. The van der Waals surface area contributed by atoms with E-state index >= 15 is 0 Å². The summed E-state index contributed by atoms with van der Waals surface area (Å²) < 4.78 is 11.5. The number of carbonyl (C=O) groups excluding carboxylic acids is 2. The average molecular weight is 507 g/mol. The highest BCUT2D eigenvalue weighted by Crippen LogP contribution is 2.33. The fourth-order valence-electron chi connectivity index (χ4n) is 2.75. The largest absolute Gasteiger partial charge is 0.465 e. The summed E-state index contributed by atoms with van der Waals surface area (Å²) in [5.74, 6) is -1.55. The first kappa shape index (κ1) is 20.5. The number of halogens is 1. The van der Waals surface area contributed by atoms with Gasteiger partial charge in [-0.25, -0.2) is 14.3 Å². The van der Waals surface area contributed by atoms with Crippen molar-refractivity contribution >= 4 is 40.2 Å². The van der Waals surface area contributed by atoms with Gasteiger partial charge in [0, 0.05) is 21.3 Å². The van der Waals surface area contributed by atoms with Gasteiger partial charge in [-0.2, -0.15) is 5.10 Å². The molecule has 148 valence electrons. The van der Waals surface area contributed by atoms with E-state index in [2.05, 4.69) is 5.10 Å². The van der Waals surface area contributed by atoms with E-state index in [0.29, 0.717) is 14.8 Å². The second kappa shape index (κ2) is 8.39. The second-order valence-electron chi connectivity index (χ2n) is 5.72. The number of hydrogen-bond donors (Lipinski definition) is 0. The molecule has 0 unspecified atom stereocenters. The van der Waals surface area contributed by atoms with Crippen molar-refractivity contribution in [2.75, 3.05) is 14.2 Å². The van der Waals surface area contributed by atoms with Crippen LogP contribution in [0.1, 0.15) is 20.8 Å². The lowest BCUT2D eigenvalue weighted by Gasteiger charge is -2.07. The number of methoxy groups -OCH3 is 2. The molecule has 0 saturated heterocycles. The van der Waals surface area contributed by atoms with Gasteiger partial charge in [-0.15, -0.1) is 0 Å². The van der Waals surface area contributed by atoms with Crippen molar-refractivity contribution in [1.29, 1.82) is 0 Å². The number of aromatic nitrogens is 2. The van der Waals surface area contributed by atoms with Crippen molar-refractivity contribution in [2.24, 2.45) is 0 Å². The minimum Gasteiger partial charge on any atom is -0.465 e. The number of nitro groups is 1. The maximum atomic E-state index is 12.6. The molecule has 0 aliphatic heterocycles. The van der Waals surface area contributed by atoms with E-state index in [0.717, 1.165) is 0 Å². The van der Waals surface area contributed by atoms with Crippen molar-refractivity contribution in [2.45, 2.75) is 0 Å². The molecule has 2 aromatic carbocycles. The highest BCUT2D eigenvalue weighted by Gasteiger charge is 2.32. The van der Waals surface area contributed by atoms with Gasteiger partial charge < -0.3 is 9.47 Å². The molecule has 0 aliphatic rings. The van der Waals surface area contributed by atoms with Crippen LogP contribution in [0.25, 0.3) is 16.9 Å². The van der Waals surface area contributed by atoms with E-state index in [1.54, 1.807) is 30.3 Å². The zero-order chi connectivity index (χ0) is 21.1. The molecular weight excluding hydrogens is 493 g/mol. The summed E-state index contributed by atoms with van der Waals surface area (Å²) in [4.78, 5) is 35.6. The Morgan fingerprint density at radius 2 is 1.72 bits per heavy atom. The summed E-state index contributed by atoms with van der Waals surface area (Å²) in [6.45, 7) is 0. The molecule has 29 heavy (non-hydrogen) atoms. The van der Waals surface area contributed by atoms with Gasteiger partial charge in [0.25, 0.3) is 5.69 Å². The van der Waals surface area contributed by atoms with Crippen LogP contribution in [-0.4, -0.2) is 40.9 Å². The van der Waals surface area contributed by atoms with Crippen molar-refractivity contribution in [3.63, 3.8) is 0 Å². The van der Waals surface area contributed by atoms with Crippen molar-refractivity contribution in [3.05, 3.63) is 73.5 Å². The monoisotopic (exact) mass is 507 g/mol. The molecule has 0 saturated carbocycles. The van der Waals surface area contributed by atoms with Gasteiger partial charge >= 0.3 is 11.9 Å². The molecule has 10 heteroatoms. The molecule has 0 N–H and O–H groups in total. The summed E-state index contributed by atoms with van der Waals surface area (Å²) in [6.07, 6.45) is 0. The molecule has 1 heterocycles. The predicted octanol–water partition coefficient (Wildman–Crippen LogP) is 3.63. The van der Waals surface area contributed by atoms with Gasteiger partial charge in [0.2, 0.25) is 0 Å². The number of nitro benzene ring substituents is 1. The fourth-order valence-corrected chi connectivity index (χ4v) is 3.51. The highest BCUT2D eigenvalue weighted by atomic mass is 127. The predicted molar refractivity (Wildman–Crippen MR) is 111 cm³/mol. The van der Waals surface area contributed by atoms with Crippen LogP contribution in [0.3, 0.4) is 0 Å². The Morgan fingerprint density at radius 1 is 1.07 bits per heavy atom. The molecular formula is C19H14IN3O6. The van der Waals surface area contributed by atoms with Gasteiger partial charge in [-0.05, 0) is 40.8 Å². The second-order valence-corrected chi connectivity index (χ2v) is 6.89. The Hall–Kier alpha value is -3.28. The first-order valence-corrected chi connectivity index (χ1v) is 9.26. The molecule has 0 aliphatic carbocycles. The van der Waals surface area contributed by atoms with Gasteiger partial charge in [-0.3, -0.25) is 10.1 Å². The highest BCUT2D eigenvalue weighted by molar-refractivity contribution is 14.1. The first-order chi connectivity index (χ1) is 13.9. The summed E-state index contributed by atoms with van der Waals surface area (Å²) in [5, 5.41) is 15.5. The average Bonchev–Trinajstić information content (AvgIpc) is 3.13. The molecule has 0 atom stereocenters. The molecule has 3 rings (SSSR count). The summed E-state index contributed by atoms with van der Waals surface area (Å²) in [7, 11) is 2.38. The maximum Gasteiger partial charge on any atom is 0.357 e. The first-order valence-electron chi connectivity index (χ1n) is 8.18. The van der Waals surface area contributed by atoms with E-state index in [1.807, 2.05) is 22.6 Å². The summed E-state index contributed by atoms with van der Waals surface area (Å²) >= 11 is 1.92. The van der Waals surface area contributed by atoms with Crippen LogP contribution in [0, 0.1) is 13.7 Å². The summed E-state index contributed by atoms with van der Waals surface area (Å²) in [5.41, 5.74) is 0.830. The molecule has 0 amide bonds. The molecule has 0 fully saturated rings. The standard InChI is InChI=1S/C19H14IN3O6/c1-28-18(24)15-16(13-9-8-12(23(26)27)10-14(13)20)21-22(17(15)19(25)29-2)11-6-4-3-5-7-11/h3-10H,1-2H3. The van der Waals surface area contributed by atoms with Crippen LogP contribution in [0.15, 0.2) is 48.5 Å². The third-order valence-electron chi connectivity index (χ3n) is 4.07. The number of non-ortho nitro benzene ring substituents is 1. The molecule has 9 nitrogen and oxygen atoms in total. The minimum absolute atomic E-state index is 0.0880. The topological polar surface area (TPSA) is 114 Å². The van der Waals surface area contributed by atoms with E-state index in [1.165, 1.54) is 37.1 Å². The lowest BCUT2D eigenvalue weighted by molar-refractivity contribution is -0.384. The fraction of sp³-hybridized carbons (Fsp3) is 0.105. The van der Waals surface area contributed by atoms with Gasteiger partial charge in [0.1, 0.15) is 11.3 Å². The van der Waals surface area contributed by atoms with E-state index < -0.39 is 16.9 Å². The zero-order valence-corrected chi connectivity index (χ0v) is 17.4. The smallest absolute Gasteiger partial charge is 0.357 e. The Bertz CT molecular complexity index is 1110. The van der Waals surface area contributed by atoms with Crippen LogP contribution in [0.2, 0.25) is 0 Å². The number of para-hydroxylation sites is 1. The van der Waals surface area contributed by atoms with Crippen molar-refractivity contribution < 1.29 is 24.0 Å². The third kappa shape index (κ3) is 3.83. The Balaban J connectivity index is 2.35. The number of nitrogens with zero attached hydrogens (tertiary/aromatic N) is 3. The van der Waals surface area contributed by atoms with Crippen LogP contribution < -0.4 is 0 Å². The molecule has 0 spiro atoms. The van der Waals surface area contributed by atoms with Crippen LogP contribution in [-0.2, 0) is 9.47 Å². The number of rotatable bonds is 5. The number of benzene rings is 2. The van der Waals surface area contributed by atoms with Crippen LogP contribution >= 0.6 is 22.6 Å². The Kier molecular flexibility index (Phi) is 5.92. The maximum absolute atomic E-state index is 12.6. The van der Waals surface area contributed by atoms with E-state index in [9.17, 15) is 19.7 Å². The van der Waals surface area contributed by atoms with Crippen LogP contribution in [0.5, 0.6) is 0 Å². The Morgan fingerprint density at radius 3 is 2.28 bits per heavy atom. The number of hydrogen-bond acceptors (Lipinski definition) is 7. The molecule has 0 bridgehead atoms. The van der Waals surface area contributed by atoms with Gasteiger partial charge in [0.15, 0.2) is 5.69 Å². The van der Waals surface area contributed by atoms with E-state index in [4.69, 9.17) is 9.47 Å². The van der Waals surface area contributed by atoms with Crippen molar-refractivity contribution in [1.82, 2.24) is 9.78 Å². The SMILES string of the molecule is COC(=O)c1c(-c2ccc([N+](=O)[O-])cc2I)nn(-c2ccccc2)c1C(=O)OC. The quantitative estimate of drug-likeness (QED) is 0.224. The molecule has 1 aromatic heterocycles. The lowest BCUT2D eigenvalue weighted by atomic mass is 10.1. The van der Waals surface area contributed by atoms with Gasteiger partial charge in [-0.1, -0.05) is 18.2 Å². The third-order valence-corrected chi connectivity index (χ3v) is 4.97. The number of carbonyl (C=O) groups is 2. The van der Waals surface area contributed by atoms with Crippen LogP contribution in [0.4, 0.5) is 5.69 Å². The molecule has 0 radical (unpaired) electrons. The lowest BCUT2D eigenvalue weighted by Crippen LogP contribution is -2.15. The van der Waals surface area contributed by atoms with Gasteiger partial charge in [0.05, 0.1) is 24.8 Å². The van der Waals surface area contributed by atoms with Crippen molar-refractivity contribution in [3.8, 4) is 16.9 Å². The van der Waals surface area contributed by atoms with E-state index in [-0.39, 0.29) is 22.6 Å². The summed E-state index contributed by atoms with van der Waals surface area (Å²) in [6, 6.07) is 12.9. The number of ether oxygens (including phenoxy) is 2.